The third kappa shape index (κ3) is 3.54. The second kappa shape index (κ2) is 6.97. The smallest absolute Gasteiger partial charge is 0.255 e. The van der Waals surface area contributed by atoms with Crippen LogP contribution < -0.4 is 5.32 Å². The van der Waals surface area contributed by atoms with E-state index in [2.05, 4.69) is 24.1 Å². The summed E-state index contributed by atoms with van der Waals surface area (Å²) >= 11 is 1.69. The van der Waals surface area contributed by atoms with Crippen LogP contribution >= 0.6 is 11.3 Å². The van der Waals surface area contributed by atoms with Gasteiger partial charge in [-0.15, -0.1) is 11.3 Å². The molecule has 1 amide bonds. The van der Waals surface area contributed by atoms with Crippen molar-refractivity contribution in [2.75, 3.05) is 5.32 Å². The highest BCUT2D eigenvalue weighted by atomic mass is 32.1. The maximum atomic E-state index is 12.4. The van der Waals surface area contributed by atoms with Gasteiger partial charge < -0.3 is 5.32 Å². The highest BCUT2D eigenvalue weighted by Crippen LogP contribution is 2.27. The second-order valence-electron chi connectivity index (χ2n) is 5.72. The van der Waals surface area contributed by atoms with Crippen molar-refractivity contribution >= 4 is 22.9 Å². The number of aryl methyl sites for hydroxylation is 3. The highest BCUT2D eigenvalue weighted by Gasteiger charge is 2.10. The lowest BCUT2D eigenvalue weighted by molar-refractivity contribution is 0.102. The number of nitrogens with one attached hydrogen (secondary N) is 1. The summed E-state index contributed by atoms with van der Waals surface area (Å²) < 4.78 is 0. The maximum Gasteiger partial charge on any atom is 0.255 e. The van der Waals surface area contributed by atoms with Gasteiger partial charge in [0, 0.05) is 21.7 Å². The van der Waals surface area contributed by atoms with Gasteiger partial charge in [0.05, 0.1) is 10.7 Å². The fraction of sp³-hybridized carbons (Fsp3) is 0.200. The second-order valence-corrected chi connectivity index (χ2v) is 7.13. The number of aromatic nitrogens is 1. The monoisotopic (exact) mass is 336 g/mol. The predicted octanol–water partition coefficient (Wildman–Crippen LogP) is 5.24. The Morgan fingerprint density at radius 3 is 2.25 bits per heavy atom. The van der Waals surface area contributed by atoms with Crippen molar-refractivity contribution in [3.63, 3.8) is 0 Å². The first-order valence-corrected chi connectivity index (χ1v) is 8.83. The number of amides is 1. The van der Waals surface area contributed by atoms with Crippen molar-refractivity contribution in [3.8, 4) is 11.3 Å². The van der Waals surface area contributed by atoms with E-state index in [1.54, 1.807) is 11.3 Å². The summed E-state index contributed by atoms with van der Waals surface area (Å²) in [6, 6.07) is 15.5. The first kappa shape index (κ1) is 16.4. The lowest BCUT2D eigenvalue weighted by Gasteiger charge is -2.07. The van der Waals surface area contributed by atoms with E-state index in [4.69, 9.17) is 0 Å². The fourth-order valence-electron chi connectivity index (χ4n) is 2.60. The van der Waals surface area contributed by atoms with Crippen LogP contribution in [0.25, 0.3) is 11.3 Å². The number of carbonyl (C=O) groups is 1. The first-order valence-electron chi connectivity index (χ1n) is 8.01. The number of thiazole rings is 1. The van der Waals surface area contributed by atoms with Gasteiger partial charge in [-0.25, -0.2) is 4.98 Å². The van der Waals surface area contributed by atoms with E-state index in [0.717, 1.165) is 28.4 Å². The van der Waals surface area contributed by atoms with Gasteiger partial charge >= 0.3 is 0 Å². The van der Waals surface area contributed by atoms with Crippen LogP contribution in [-0.4, -0.2) is 10.9 Å². The third-order valence-electron chi connectivity index (χ3n) is 3.94. The van der Waals surface area contributed by atoms with Crippen LogP contribution in [0.1, 0.15) is 32.7 Å². The maximum absolute atomic E-state index is 12.4. The Morgan fingerprint density at radius 1 is 1.04 bits per heavy atom. The zero-order valence-electron chi connectivity index (χ0n) is 14.1. The lowest BCUT2D eigenvalue weighted by Crippen LogP contribution is -2.11. The van der Waals surface area contributed by atoms with Crippen molar-refractivity contribution in [1.82, 2.24) is 4.98 Å². The highest BCUT2D eigenvalue weighted by molar-refractivity contribution is 7.11. The van der Waals surface area contributed by atoms with Gasteiger partial charge in [-0.3, -0.25) is 4.79 Å². The average molecular weight is 336 g/mol. The summed E-state index contributed by atoms with van der Waals surface area (Å²) in [5.74, 6) is -0.100. The third-order valence-corrected chi connectivity index (χ3v) is 4.83. The van der Waals surface area contributed by atoms with Crippen LogP contribution in [0, 0.1) is 13.8 Å². The summed E-state index contributed by atoms with van der Waals surface area (Å²) in [4.78, 5) is 18.1. The molecule has 0 unspecified atom stereocenters. The van der Waals surface area contributed by atoms with Crippen molar-refractivity contribution in [2.24, 2.45) is 0 Å². The largest absolute Gasteiger partial charge is 0.322 e. The molecular weight excluding hydrogens is 316 g/mol. The molecule has 0 spiro atoms. The Balaban J connectivity index is 1.74. The number of rotatable bonds is 4. The van der Waals surface area contributed by atoms with Crippen molar-refractivity contribution in [1.29, 1.82) is 0 Å². The van der Waals surface area contributed by atoms with Gasteiger partial charge in [-0.05, 0) is 50.1 Å². The Labute approximate surface area is 146 Å². The molecule has 0 saturated heterocycles. The van der Waals surface area contributed by atoms with Gasteiger partial charge in [0.1, 0.15) is 0 Å². The molecule has 1 heterocycles. The van der Waals surface area contributed by atoms with E-state index >= 15 is 0 Å². The van der Waals surface area contributed by atoms with E-state index in [1.165, 1.54) is 10.4 Å². The van der Waals surface area contributed by atoms with Crippen LogP contribution in [0.3, 0.4) is 0 Å². The molecule has 0 atom stereocenters. The molecule has 3 aromatic rings. The van der Waals surface area contributed by atoms with Gasteiger partial charge in [0.2, 0.25) is 0 Å². The molecule has 0 bridgehead atoms. The summed E-state index contributed by atoms with van der Waals surface area (Å²) in [5, 5.41) is 3.99. The van der Waals surface area contributed by atoms with Crippen molar-refractivity contribution < 1.29 is 4.79 Å². The molecule has 1 N–H and O–H groups in total. The Morgan fingerprint density at radius 2 is 1.71 bits per heavy atom. The number of hydrogen-bond donors (Lipinski definition) is 1. The van der Waals surface area contributed by atoms with Crippen LogP contribution in [0.15, 0.2) is 48.5 Å². The Bertz CT molecular complexity index is 848. The van der Waals surface area contributed by atoms with E-state index in [0.29, 0.717) is 5.56 Å². The van der Waals surface area contributed by atoms with Crippen LogP contribution in [0.5, 0.6) is 0 Å². The SMILES string of the molecule is CCc1ccc(NC(=O)c2ccc(-c3nc(C)sc3C)cc2)cc1. The molecule has 0 fully saturated rings. The van der Waals surface area contributed by atoms with Crippen molar-refractivity contribution in [2.45, 2.75) is 27.2 Å². The topological polar surface area (TPSA) is 42.0 Å². The quantitative estimate of drug-likeness (QED) is 0.708. The van der Waals surface area contributed by atoms with E-state index in [9.17, 15) is 4.79 Å². The van der Waals surface area contributed by atoms with E-state index in [1.807, 2.05) is 55.5 Å². The van der Waals surface area contributed by atoms with Gasteiger partial charge in [-0.1, -0.05) is 31.2 Å². The summed E-state index contributed by atoms with van der Waals surface area (Å²) in [6.45, 7) is 6.19. The molecule has 3 rings (SSSR count). The standard InChI is InChI=1S/C20H20N2OS/c1-4-15-5-11-18(12-6-15)22-20(23)17-9-7-16(8-10-17)19-13(2)24-14(3)21-19/h5-12H,4H2,1-3H3,(H,22,23). The minimum atomic E-state index is -0.100. The summed E-state index contributed by atoms with van der Waals surface area (Å²) in [5.41, 5.74) is 4.75. The van der Waals surface area contributed by atoms with Gasteiger partial charge in [0.15, 0.2) is 0 Å². The molecular formula is C20H20N2OS. The summed E-state index contributed by atoms with van der Waals surface area (Å²) in [6.07, 6.45) is 0.991. The molecule has 4 heteroatoms. The Kier molecular flexibility index (Phi) is 4.76. The van der Waals surface area contributed by atoms with E-state index < -0.39 is 0 Å². The van der Waals surface area contributed by atoms with Gasteiger partial charge in [-0.2, -0.15) is 0 Å². The summed E-state index contributed by atoms with van der Waals surface area (Å²) in [7, 11) is 0. The average Bonchev–Trinajstić information content (AvgIpc) is 2.94. The minimum Gasteiger partial charge on any atom is -0.322 e. The minimum absolute atomic E-state index is 0.100. The number of nitrogens with zero attached hydrogens (tertiary/aromatic N) is 1. The molecule has 3 nitrogen and oxygen atoms in total. The molecule has 122 valence electrons. The number of benzene rings is 2. The van der Waals surface area contributed by atoms with E-state index in [-0.39, 0.29) is 5.91 Å². The molecule has 0 saturated carbocycles. The first-order chi connectivity index (χ1) is 11.6. The number of anilines is 1. The molecule has 0 aliphatic rings. The van der Waals surface area contributed by atoms with Crippen molar-refractivity contribution in [3.05, 3.63) is 69.5 Å². The fourth-order valence-corrected chi connectivity index (χ4v) is 3.44. The molecule has 0 aliphatic carbocycles. The Hall–Kier alpha value is -2.46. The zero-order chi connectivity index (χ0) is 17.1. The molecule has 0 aliphatic heterocycles. The molecule has 0 radical (unpaired) electrons. The van der Waals surface area contributed by atoms with Crippen LogP contribution in [-0.2, 0) is 6.42 Å². The van der Waals surface area contributed by atoms with Gasteiger partial charge in [0.25, 0.3) is 5.91 Å². The predicted molar refractivity (Wildman–Crippen MR) is 101 cm³/mol. The molecule has 24 heavy (non-hydrogen) atoms. The lowest BCUT2D eigenvalue weighted by atomic mass is 10.1. The normalized spacial score (nSPS) is 10.6. The number of hydrogen-bond acceptors (Lipinski definition) is 3. The number of carbonyl (C=O) groups excluding carboxylic acids is 1. The van der Waals surface area contributed by atoms with Crippen LogP contribution in [0.4, 0.5) is 5.69 Å². The van der Waals surface area contributed by atoms with Crippen LogP contribution in [0.2, 0.25) is 0 Å². The molecule has 1 aromatic heterocycles. The zero-order valence-corrected chi connectivity index (χ0v) is 14.9. The molecule has 2 aromatic carbocycles.